The Morgan fingerprint density at radius 2 is 1.84 bits per heavy atom. The fourth-order valence-corrected chi connectivity index (χ4v) is 4.35. The molecule has 0 saturated heterocycles. The number of carbonyl (C=O) groups excluding carboxylic acids is 2. The first-order valence-electron chi connectivity index (χ1n) is 10.6. The van der Waals surface area contributed by atoms with Gasteiger partial charge >= 0.3 is 6.18 Å². The number of nitrogens with zero attached hydrogens (tertiary/aromatic N) is 2. The molecule has 188 valence electrons. The highest BCUT2D eigenvalue weighted by Gasteiger charge is 2.36. The van der Waals surface area contributed by atoms with Crippen LogP contribution in [0.2, 0.25) is 5.02 Å². The highest BCUT2D eigenvalue weighted by atomic mass is 35.5. The van der Waals surface area contributed by atoms with Crippen LogP contribution in [0.5, 0.6) is 0 Å². The number of carbonyl (C=O) groups is 2. The second-order valence-electron chi connectivity index (χ2n) is 8.16. The summed E-state index contributed by atoms with van der Waals surface area (Å²) in [5, 5.41) is 9.39. The minimum atomic E-state index is -4.88. The van der Waals surface area contributed by atoms with E-state index in [4.69, 9.17) is 11.6 Å². The molecule has 5 rings (SSSR count). The number of amides is 2. The van der Waals surface area contributed by atoms with Gasteiger partial charge < -0.3 is 10.6 Å². The molecule has 0 fully saturated rings. The van der Waals surface area contributed by atoms with E-state index in [-0.39, 0.29) is 33.5 Å². The van der Waals surface area contributed by atoms with Crippen LogP contribution in [-0.2, 0) is 6.18 Å². The van der Waals surface area contributed by atoms with Crippen molar-refractivity contribution < 1.29 is 31.5 Å². The normalized spacial score (nSPS) is 14.9. The molecule has 2 N–H and O–H groups in total. The van der Waals surface area contributed by atoms with Crippen LogP contribution in [0.1, 0.15) is 43.4 Å². The lowest BCUT2D eigenvalue weighted by Crippen LogP contribution is -2.21. The van der Waals surface area contributed by atoms with E-state index in [1.54, 1.807) is 12.3 Å². The summed E-state index contributed by atoms with van der Waals surface area (Å²) < 4.78 is 68.9. The topological polar surface area (TPSA) is 76.0 Å². The van der Waals surface area contributed by atoms with E-state index in [1.165, 1.54) is 29.1 Å². The van der Waals surface area contributed by atoms with Gasteiger partial charge in [-0.25, -0.2) is 13.5 Å². The third-order valence-electron chi connectivity index (χ3n) is 5.75. The third-order valence-corrected chi connectivity index (χ3v) is 6.09. The van der Waals surface area contributed by atoms with E-state index in [0.717, 1.165) is 12.1 Å². The Labute approximate surface area is 210 Å². The predicted molar refractivity (Wildman–Crippen MR) is 124 cm³/mol. The molecule has 12 heteroatoms. The van der Waals surface area contributed by atoms with Gasteiger partial charge in [0.1, 0.15) is 11.6 Å². The van der Waals surface area contributed by atoms with Crippen LogP contribution in [0.4, 0.5) is 27.6 Å². The Hall–Kier alpha value is -4.25. The second kappa shape index (κ2) is 9.00. The molecular formula is C25H14ClF5N4O2. The van der Waals surface area contributed by atoms with Gasteiger partial charge in [-0.3, -0.25) is 9.59 Å². The first-order chi connectivity index (χ1) is 17.5. The van der Waals surface area contributed by atoms with E-state index in [9.17, 15) is 31.5 Å². The molecule has 2 heterocycles. The molecule has 0 saturated carbocycles. The van der Waals surface area contributed by atoms with Crippen molar-refractivity contribution in [2.75, 3.05) is 5.32 Å². The highest BCUT2D eigenvalue weighted by Crippen LogP contribution is 2.41. The number of fused-ring (bicyclic) bond motifs is 1. The second-order valence-corrected chi connectivity index (χ2v) is 8.57. The molecule has 2 amide bonds. The van der Waals surface area contributed by atoms with Crippen molar-refractivity contribution in [2.45, 2.75) is 12.2 Å². The fraction of sp³-hybridized carbons (Fsp3) is 0.0800. The number of alkyl halides is 3. The molecule has 0 aliphatic carbocycles. The smallest absolute Gasteiger partial charge is 0.341 e. The standard InChI is InChI=1S/C25H14ClF5N4O2/c26-19-3-2-14(27)9-17(19)22-21-18(24(37)34-22)10-16(35-5-1-4-32-35)11-20(21)33-23(36)12-6-13(25(29,30)31)8-15(28)7-12/h1-11,22H,(H,33,36)(H,34,37). The fourth-order valence-electron chi connectivity index (χ4n) is 4.12. The van der Waals surface area contributed by atoms with E-state index < -0.39 is 46.8 Å². The zero-order valence-electron chi connectivity index (χ0n) is 18.4. The summed E-state index contributed by atoms with van der Waals surface area (Å²) in [5.74, 6) is -3.50. The van der Waals surface area contributed by atoms with Gasteiger partial charge in [-0.15, -0.1) is 0 Å². The van der Waals surface area contributed by atoms with Gasteiger partial charge in [0.25, 0.3) is 11.8 Å². The van der Waals surface area contributed by atoms with Gasteiger partial charge in [-0.1, -0.05) is 11.6 Å². The maximum atomic E-state index is 14.0. The van der Waals surface area contributed by atoms with E-state index >= 15 is 0 Å². The summed E-state index contributed by atoms with van der Waals surface area (Å²) in [7, 11) is 0. The van der Waals surface area contributed by atoms with E-state index in [2.05, 4.69) is 15.7 Å². The average molecular weight is 533 g/mol. The zero-order valence-corrected chi connectivity index (χ0v) is 19.2. The van der Waals surface area contributed by atoms with Crippen LogP contribution in [0.3, 0.4) is 0 Å². The number of hydrogen-bond donors (Lipinski definition) is 2. The number of halogens is 6. The Kier molecular flexibility index (Phi) is 5.95. The molecule has 4 aromatic rings. The van der Waals surface area contributed by atoms with Crippen molar-refractivity contribution in [3.8, 4) is 5.69 Å². The predicted octanol–water partition coefficient (Wildman–Crippen LogP) is 5.91. The maximum absolute atomic E-state index is 14.0. The summed E-state index contributed by atoms with van der Waals surface area (Å²) >= 11 is 6.27. The van der Waals surface area contributed by atoms with Crippen LogP contribution in [0.15, 0.2) is 67.0 Å². The Morgan fingerprint density at radius 1 is 1.05 bits per heavy atom. The Bertz CT molecular complexity index is 1550. The zero-order chi connectivity index (χ0) is 26.5. The van der Waals surface area contributed by atoms with Crippen LogP contribution in [0, 0.1) is 11.6 Å². The van der Waals surface area contributed by atoms with Crippen LogP contribution in [-0.4, -0.2) is 21.6 Å². The number of nitrogens with one attached hydrogen (secondary N) is 2. The number of benzene rings is 3. The summed E-state index contributed by atoms with van der Waals surface area (Å²) in [6.45, 7) is 0. The summed E-state index contributed by atoms with van der Waals surface area (Å²) in [4.78, 5) is 25.9. The lowest BCUT2D eigenvalue weighted by Gasteiger charge is -2.19. The lowest BCUT2D eigenvalue weighted by molar-refractivity contribution is -0.137. The molecule has 37 heavy (non-hydrogen) atoms. The van der Waals surface area contributed by atoms with Crippen molar-refractivity contribution in [1.82, 2.24) is 15.1 Å². The van der Waals surface area contributed by atoms with Crippen molar-refractivity contribution in [3.05, 3.63) is 111 Å². The molecule has 0 bridgehead atoms. The molecule has 1 aromatic heterocycles. The van der Waals surface area contributed by atoms with Crippen LogP contribution in [0.25, 0.3) is 5.69 Å². The lowest BCUT2D eigenvalue weighted by atomic mass is 9.95. The van der Waals surface area contributed by atoms with Crippen molar-refractivity contribution in [2.24, 2.45) is 0 Å². The van der Waals surface area contributed by atoms with Gasteiger partial charge in [0.2, 0.25) is 0 Å². The molecule has 1 aliphatic heterocycles. The number of aromatic nitrogens is 2. The van der Waals surface area contributed by atoms with Crippen molar-refractivity contribution in [1.29, 1.82) is 0 Å². The van der Waals surface area contributed by atoms with Crippen LogP contribution < -0.4 is 10.6 Å². The number of hydrogen-bond acceptors (Lipinski definition) is 3. The van der Waals surface area contributed by atoms with Crippen molar-refractivity contribution in [3.63, 3.8) is 0 Å². The van der Waals surface area contributed by atoms with Crippen molar-refractivity contribution >= 4 is 29.1 Å². The SMILES string of the molecule is O=C(Nc1cc(-n2cccn2)cc2c1C(c1cc(F)ccc1Cl)NC2=O)c1cc(F)cc(C(F)(F)F)c1. The van der Waals surface area contributed by atoms with Gasteiger partial charge in [0.15, 0.2) is 0 Å². The maximum Gasteiger partial charge on any atom is 0.416 e. The minimum absolute atomic E-state index is 0.00879. The number of rotatable bonds is 4. The molecule has 1 unspecified atom stereocenters. The van der Waals surface area contributed by atoms with Gasteiger partial charge in [0, 0.05) is 45.4 Å². The van der Waals surface area contributed by atoms with Crippen LogP contribution >= 0.6 is 11.6 Å². The van der Waals surface area contributed by atoms with E-state index in [1.807, 2.05) is 0 Å². The van der Waals surface area contributed by atoms with Gasteiger partial charge in [-0.2, -0.15) is 18.3 Å². The highest BCUT2D eigenvalue weighted by molar-refractivity contribution is 6.31. The van der Waals surface area contributed by atoms with E-state index in [0.29, 0.717) is 17.8 Å². The van der Waals surface area contributed by atoms with Gasteiger partial charge in [0.05, 0.1) is 17.3 Å². The first-order valence-corrected chi connectivity index (χ1v) is 11.0. The molecule has 1 aliphatic rings. The Balaban J connectivity index is 1.65. The monoisotopic (exact) mass is 532 g/mol. The molecule has 0 spiro atoms. The molecule has 1 atom stereocenters. The number of anilines is 1. The first kappa shape index (κ1) is 24.4. The molecule has 0 radical (unpaired) electrons. The molecule has 6 nitrogen and oxygen atoms in total. The molecular weight excluding hydrogens is 519 g/mol. The summed E-state index contributed by atoms with van der Waals surface area (Å²) in [5.41, 5.74) is -1.08. The Morgan fingerprint density at radius 3 is 2.54 bits per heavy atom. The average Bonchev–Trinajstić information content (AvgIpc) is 3.48. The minimum Gasteiger partial charge on any atom is -0.341 e. The quantitative estimate of drug-likeness (QED) is 0.321. The third kappa shape index (κ3) is 4.65. The summed E-state index contributed by atoms with van der Waals surface area (Å²) in [6, 6.07) is 8.56. The van der Waals surface area contributed by atoms with Gasteiger partial charge in [-0.05, 0) is 54.6 Å². The largest absolute Gasteiger partial charge is 0.416 e. The molecule has 3 aromatic carbocycles. The summed E-state index contributed by atoms with van der Waals surface area (Å²) in [6.07, 6.45) is -1.83.